The molecule has 1 aromatic carbocycles. The van der Waals surface area contributed by atoms with Crippen molar-refractivity contribution in [3.63, 3.8) is 0 Å². The average Bonchev–Trinajstić information content (AvgIpc) is 2.42. The number of nitrogens with one attached hydrogen (secondary N) is 1. The van der Waals surface area contributed by atoms with E-state index in [1.165, 1.54) is 12.1 Å². The number of rotatable bonds is 4. The van der Waals surface area contributed by atoms with Gasteiger partial charge in [-0.3, -0.25) is 9.59 Å². The molecule has 3 N–H and O–H groups in total. The van der Waals surface area contributed by atoms with Crippen LogP contribution in [0.4, 0.5) is 13.2 Å². The Kier molecular flexibility index (Phi) is 5.99. The fourth-order valence-electron chi connectivity index (χ4n) is 1.62. The Morgan fingerprint density at radius 1 is 1.36 bits per heavy atom. The zero-order valence-corrected chi connectivity index (χ0v) is 11.8. The molecule has 0 fully saturated rings. The third-order valence-electron chi connectivity index (χ3n) is 2.73. The van der Waals surface area contributed by atoms with Crippen molar-refractivity contribution in [1.82, 2.24) is 5.32 Å². The lowest BCUT2D eigenvalue weighted by atomic mass is 10.1. The second kappa shape index (κ2) is 7.50. The van der Waals surface area contributed by atoms with Crippen molar-refractivity contribution in [3.8, 4) is 11.8 Å². The Morgan fingerprint density at radius 2 is 2.05 bits per heavy atom. The number of alkyl halides is 3. The van der Waals surface area contributed by atoms with Gasteiger partial charge in [0, 0.05) is 17.9 Å². The van der Waals surface area contributed by atoms with Gasteiger partial charge in [-0.2, -0.15) is 13.2 Å². The number of nitrogens with two attached hydrogens (primary N) is 1. The molecule has 22 heavy (non-hydrogen) atoms. The highest BCUT2D eigenvalue weighted by molar-refractivity contribution is 5.84. The maximum absolute atomic E-state index is 12.5. The molecule has 2 amide bonds. The fraction of sp³-hybridized carbons (Fsp3) is 0.333. The summed E-state index contributed by atoms with van der Waals surface area (Å²) in [5, 5.41) is 2.46. The molecule has 0 aromatic heterocycles. The summed E-state index contributed by atoms with van der Waals surface area (Å²) in [5.41, 5.74) is 4.40. The molecule has 0 radical (unpaired) electrons. The van der Waals surface area contributed by atoms with E-state index in [0.717, 1.165) is 12.1 Å². The van der Waals surface area contributed by atoms with Crippen molar-refractivity contribution < 1.29 is 22.8 Å². The predicted octanol–water partition coefficient (Wildman–Crippen LogP) is 1.68. The molecule has 0 aliphatic heterocycles. The average molecular weight is 312 g/mol. The van der Waals surface area contributed by atoms with Gasteiger partial charge < -0.3 is 11.1 Å². The Hall–Kier alpha value is -2.49. The molecular formula is C15H15F3N2O2. The summed E-state index contributed by atoms with van der Waals surface area (Å²) in [5.74, 6) is 3.54. The van der Waals surface area contributed by atoms with E-state index in [0.29, 0.717) is 0 Å². The van der Waals surface area contributed by atoms with E-state index >= 15 is 0 Å². The molecule has 0 bridgehead atoms. The minimum Gasteiger partial charge on any atom is -0.370 e. The lowest BCUT2D eigenvalue weighted by Gasteiger charge is -2.07. The van der Waals surface area contributed by atoms with Gasteiger partial charge in [0.25, 0.3) is 0 Å². The van der Waals surface area contributed by atoms with Crippen molar-refractivity contribution in [2.45, 2.75) is 19.5 Å². The molecule has 0 heterocycles. The van der Waals surface area contributed by atoms with Gasteiger partial charge in [-0.15, -0.1) is 0 Å². The highest BCUT2D eigenvalue weighted by atomic mass is 19.4. The second-order valence-electron chi connectivity index (χ2n) is 4.67. The van der Waals surface area contributed by atoms with Crippen LogP contribution in [0.2, 0.25) is 0 Å². The number of halogens is 3. The first kappa shape index (κ1) is 17.6. The van der Waals surface area contributed by atoms with Crippen LogP contribution >= 0.6 is 0 Å². The molecule has 0 saturated heterocycles. The zero-order chi connectivity index (χ0) is 16.8. The molecule has 0 aliphatic carbocycles. The van der Waals surface area contributed by atoms with Crippen LogP contribution in [0.5, 0.6) is 0 Å². The number of amides is 2. The van der Waals surface area contributed by atoms with E-state index in [-0.39, 0.29) is 18.5 Å². The van der Waals surface area contributed by atoms with Crippen LogP contribution in [-0.4, -0.2) is 18.4 Å². The molecule has 1 aromatic rings. The number of hydrogen-bond acceptors (Lipinski definition) is 2. The molecular weight excluding hydrogens is 297 g/mol. The Morgan fingerprint density at radius 3 is 2.64 bits per heavy atom. The van der Waals surface area contributed by atoms with Crippen LogP contribution in [0.15, 0.2) is 24.3 Å². The van der Waals surface area contributed by atoms with Crippen LogP contribution in [0.3, 0.4) is 0 Å². The summed E-state index contributed by atoms with van der Waals surface area (Å²) in [4.78, 5) is 22.2. The molecule has 0 saturated carbocycles. The van der Waals surface area contributed by atoms with E-state index in [1.54, 1.807) is 6.92 Å². The summed E-state index contributed by atoms with van der Waals surface area (Å²) in [6, 6.07) is 4.60. The van der Waals surface area contributed by atoms with Crippen LogP contribution < -0.4 is 11.1 Å². The first-order valence-electron chi connectivity index (χ1n) is 6.42. The predicted molar refractivity (Wildman–Crippen MR) is 74.3 cm³/mol. The second-order valence-corrected chi connectivity index (χ2v) is 4.67. The molecule has 0 unspecified atom stereocenters. The maximum Gasteiger partial charge on any atom is 0.416 e. The molecule has 4 nitrogen and oxygen atoms in total. The van der Waals surface area contributed by atoms with Crippen LogP contribution in [0, 0.1) is 17.8 Å². The molecule has 1 rings (SSSR count). The van der Waals surface area contributed by atoms with Gasteiger partial charge in [-0.25, -0.2) is 0 Å². The number of carbonyl (C=O) groups excluding carboxylic acids is 2. The highest BCUT2D eigenvalue weighted by Gasteiger charge is 2.30. The molecule has 118 valence electrons. The Balaban J connectivity index is 2.58. The zero-order valence-electron chi connectivity index (χ0n) is 11.8. The topological polar surface area (TPSA) is 72.2 Å². The van der Waals surface area contributed by atoms with Gasteiger partial charge >= 0.3 is 6.18 Å². The summed E-state index contributed by atoms with van der Waals surface area (Å²) in [6.07, 6.45) is -4.50. The normalized spacial score (nSPS) is 12.0. The van der Waals surface area contributed by atoms with E-state index in [1.807, 2.05) is 0 Å². The van der Waals surface area contributed by atoms with Crippen molar-refractivity contribution in [3.05, 3.63) is 35.4 Å². The van der Waals surface area contributed by atoms with Gasteiger partial charge in [0.05, 0.1) is 12.1 Å². The minimum absolute atomic E-state index is 0.0296. The number of carbonyl (C=O) groups is 2. The number of benzene rings is 1. The first-order valence-corrected chi connectivity index (χ1v) is 6.42. The van der Waals surface area contributed by atoms with Crippen molar-refractivity contribution in [2.75, 3.05) is 6.54 Å². The molecule has 7 heteroatoms. The van der Waals surface area contributed by atoms with E-state index in [4.69, 9.17) is 5.73 Å². The van der Waals surface area contributed by atoms with E-state index < -0.39 is 29.5 Å². The van der Waals surface area contributed by atoms with E-state index in [2.05, 4.69) is 17.2 Å². The summed E-state index contributed by atoms with van der Waals surface area (Å²) in [7, 11) is 0. The largest absolute Gasteiger partial charge is 0.416 e. The third kappa shape index (κ3) is 5.87. The van der Waals surface area contributed by atoms with Crippen molar-refractivity contribution in [1.29, 1.82) is 0 Å². The molecule has 0 spiro atoms. The van der Waals surface area contributed by atoms with Crippen LogP contribution in [-0.2, 0) is 15.8 Å². The standard InChI is InChI=1S/C15H15F3N2O2/c1-10(8-13(19)21)14(22)20-7-3-5-11-4-2-6-12(9-11)15(16,17)18/h2,4,6,9-10H,7-8H2,1H3,(H2,19,21)(H,20,22)/t10-/m1/s1. The monoisotopic (exact) mass is 312 g/mol. The van der Waals surface area contributed by atoms with Crippen molar-refractivity contribution >= 4 is 11.8 Å². The van der Waals surface area contributed by atoms with Crippen molar-refractivity contribution in [2.24, 2.45) is 11.7 Å². The van der Waals surface area contributed by atoms with Crippen LogP contribution in [0.1, 0.15) is 24.5 Å². The fourth-order valence-corrected chi connectivity index (χ4v) is 1.62. The summed E-state index contributed by atoms with van der Waals surface area (Å²) < 4.78 is 37.5. The minimum atomic E-state index is -4.42. The molecule has 1 atom stereocenters. The van der Waals surface area contributed by atoms with Gasteiger partial charge in [-0.1, -0.05) is 24.8 Å². The summed E-state index contributed by atoms with van der Waals surface area (Å²) >= 11 is 0. The van der Waals surface area contributed by atoms with Gasteiger partial charge in [-0.05, 0) is 18.2 Å². The smallest absolute Gasteiger partial charge is 0.370 e. The SMILES string of the molecule is C[C@H](CC(N)=O)C(=O)NCC#Cc1cccc(C(F)(F)F)c1. The Labute approximate surface area is 125 Å². The highest BCUT2D eigenvalue weighted by Crippen LogP contribution is 2.29. The van der Waals surface area contributed by atoms with E-state index in [9.17, 15) is 22.8 Å². The lowest BCUT2D eigenvalue weighted by molar-refractivity contribution is -0.137. The molecule has 0 aliphatic rings. The third-order valence-corrected chi connectivity index (χ3v) is 2.73. The lowest BCUT2D eigenvalue weighted by Crippen LogP contribution is -2.32. The van der Waals surface area contributed by atoms with Gasteiger partial charge in [0.1, 0.15) is 0 Å². The quantitative estimate of drug-likeness (QED) is 0.830. The number of primary amides is 1. The maximum atomic E-state index is 12.5. The van der Waals surface area contributed by atoms with Gasteiger partial charge in [0.2, 0.25) is 11.8 Å². The Bertz CT molecular complexity index is 615. The summed E-state index contributed by atoms with van der Waals surface area (Å²) in [6.45, 7) is 1.51. The van der Waals surface area contributed by atoms with Gasteiger partial charge in [0.15, 0.2) is 0 Å². The van der Waals surface area contributed by atoms with Crippen LogP contribution in [0.25, 0.3) is 0 Å². The first-order chi connectivity index (χ1) is 10.2. The number of hydrogen-bond donors (Lipinski definition) is 2.